The molecule has 112 valence electrons. The van der Waals surface area contributed by atoms with Gasteiger partial charge in [-0.05, 0) is 29.8 Å². The lowest BCUT2D eigenvalue weighted by Gasteiger charge is -2.05. The normalized spacial score (nSPS) is 10.8. The minimum atomic E-state index is -0.339. The maximum atomic E-state index is 12.0. The fourth-order valence-electron chi connectivity index (χ4n) is 2.11. The first-order valence-electron chi connectivity index (χ1n) is 6.69. The molecule has 0 unspecified atom stereocenters. The molecule has 6 nitrogen and oxygen atoms in total. The molecule has 0 aliphatic heterocycles. The van der Waals surface area contributed by atoms with Crippen LogP contribution in [-0.4, -0.2) is 20.1 Å². The van der Waals surface area contributed by atoms with Gasteiger partial charge in [-0.1, -0.05) is 29.8 Å². The highest BCUT2D eigenvalue weighted by atomic mass is 35.5. The predicted octanol–water partition coefficient (Wildman–Crippen LogP) is 1.47. The lowest BCUT2D eigenvalue weighted by molar-refractivity contribution is -0.122. The highest BCUT2D eigenvalue weighted by Gasteiger charge is 2.10. The first-order valence-corrected chi connectivity index (χ1v) is 7.06. The molecule has 2 aromatic heterocycles. The molecule has 0 aliphatic rings. The third kappa shape index (κ3) is 3.01. The maximum absolute atomic E-state index is 12.0. The Labute approximate surface area is 130 Å². The van der Waals surface area contributed by atoms with Crippen molar-refractivity contribution >= 4 is 23.2 Å². The third-order valence-electron chi connectivity index (χ3n) is 3.16. The highest BCUT2D eigenvalue weighted by Crippen LogP contribution is 2.10. The molecule has 0 atom stereocenters. The second kappa shape index (κ2) is 6.03. The van der Waals surface area contributed by atoms with E-state index in [1.54, 1.807) is 36.5 Å². The minimum Gasteiger partial charge on any atom is -0.350 e. The molecule has 0 bridgehead atoms. The largest absolute Gasteiger partial charge is 0.350 e. The van der Waals surface area contributed by atoms with Crippen LogP contribution in [0.15, 0.2) is 53.5 Å². The highest BCUT2D eigenvalue weighted by molar-refractivity contribution is 6.30. The number of halogens is 1. The monoisotopic (exact) mass is 316 g/mol. The van der Waals surface area contributed by atoms with Gasteiger partial charge in [0.1, 0.15) is 6.54 Å². The molecule has 3 rings (SSSR count). The van der Waals surface area contributed by atoms with Gasteiger partial charge in [0.15, 0.2) is 5.65 Å². The Morgan fingerprint density at radius 1 is 1.23 bits per heavy atom. The zero-order chi connectivity index (χ0) is 15.5. The van der Waals surface area contributed by atoms with E-state index in [4.69, 9.17) is 11.6 Å². The molecule has 22 heavy (non-hydrogen) atoms. The smallest absolute Gasteiger partial charge is 0.350 e. The average Bonchev–Trinajstić information content (AvgIpc) is 2.82. The number of carbonyl (C=O) groups excluding carboxylic acids is 1. The average molecular weight is 317 g/mol. The Kier molecular flexibility index (Phi) is 3.93. The minimum absolute atomic E-state index is 0.124. The summed E-state index contributed by atoms with van der Waals surface area (Å²) >= 11 is 5.88. The van der Waals surface area contributed by atoms with Crippen LogP contribution in [0.5, 0.6) is 0 Å². The van der Waals surface area contributed by atoms with E-state index in [0.29, 0.717) is 17.2 Å². The number of hydrogen-bond acceptors (Lipinski definition) is 3. The number of fused-ring (bicyclic) bond motifs is 1. The fraction of sp³-hybridized carbons (Fsp3) is 0.133. The van der Waals surface area contributed by atoms with Crippen LogP contribution in [0, 0.1) is 0 Å². The van der Waals surface area contributed by atoms with Gasteiger partial charge in [-0.25, -0.2) is 9.48 Å². The summed E-state index contributed by atoms with van der Waals surface area (Å²) < 4.78 is 2.53. The van der Waals surface area contributed by atoms with E-state index in [0.717, 1.165) is 10.2 Å². The molecule has 0 aliphatic carbocycles. The van der Waals surface area contributed by atoms with Crippen LogP contribution in [0.1, 0.15) is 5.56 Å². The SMILES string of the molecule is O=C(Cn1nc2ccccn2c1=O)NCc1cccc(Cl)c1. The van der Waals surface area contributed by atoms with E-state index >= 15 is 0 Å². The Balaban J connectivity index is 1.68. The number of aromatic nitrogens is 3. The van der Waals surface area contributed by atoms with Gasteiger partial charge in [0, 0.05) is 17.8 Å². The maximum Gasteiger partial charge on any atom is 0.350 e. The molecule has 0 saturated carbocycles. The Morgan fingerprint density at radius 2 is 2.09 bits per heavy atom. The molecule has 0 radical (unpaired) electrons. The van der Waals surface area contributed by atoms with Gasteiger partial charge in [0.25, 0.3) is 0 Å². The predicted molar refractivity (Wildman–Crippen MR) is 82.8 cm³/mol. The summed E-state index contributed by atoms with van der Waals surface area (Å²) in [5, 5.41) is 7.46. The van der Waals surface area contributed by atoms with Crippen molar-refractivity contribution < 1.29 is 4.79 Å². The molecule has 2 heterocycles. The van der Waals surface area contributed by atoms with Crippen LogP contribution in [0.3, 0.4) is 0 Å². The zero-order valence-corrected chi connectivity index (χ0v) is 12.3. The second-order valence-corrected chi connectivity index (χ2v) is 5.21. The van der Waals surface area contributed by atoms with E-state index in [2.05, 4.69) is 10.4 Å². The number of nitrogens with zero attached hydrogens (tertiary/aromatic N) is 3. The van der Waals surface area contributed by atoms with Crippen molar-refractivity contribution in [2.45, 2.75) is 13.1 Å². The molecule has 0 saturated heterocycles. The second-order valence-electron chi connectivity index (χ2n) is 4.78. The van der Waals surface area contributed by atoms with Gasteiger partial charge in [-0.15, -0.1) is 5.10 Å². The summed E-state index contributed by atoms with van der Waals surface area (Å²) in [5.74, 6) is -0.287. The van der Waals surface area contributed by atoms with E-state index in [-0.39, 0.29) is 18.1 Å². The quantitative estimate of drug-likeness (QED) is 0.792. The molecular formula is C15H13ClN4O2. The van der Waals surface area contributed by atoms with Crippen LogP contribution in [0.2, 0.25) is 5.02 Å². The number of pyridine rings is 1. The number of amides is 1. The molecule has 1 aromatic carbocycles. The van der Waals surface area contributed by atoms with Crippen molar-refractivity contribution in [1.29, 1.82) is 0 Å². The van der Waals surface area contributed by atoms with Crippen LogP contribution in [-0.2, 0) is 17.9 Å². The molecular weight excluding hydrogens is 304 g/mol. The van der Waals surface area contributed by atoms with Crippen LogP contribution >= 0.6 is 11.6 Å². The third-order valence-corrected chi connectivity index (χ3v) is 3.40. The molecule has 1 N–H and O–H groups in total. The standard InChI is InChI=1S/C15H13ClN4O2/c16-12-5-3-4-11(8-12)9-17-14(21)10-20-15(22)19-7-2-1-6-13(19)18-20/h1-8H,9-10H2,(H,17,21). The number of rotatable bonds is 4. The topological polar surface area (TPSA) is 68.4 Å². The molecule has 0 spiro atoms. The fourth-order valence-corrected chi connectivity index (χ4v) is 2.32. The van der Waals surface area contributed by atoms with Gasteiger partial charge in [-0.3, -0.25) is 9.20 Å². The summed E-state index contributed by atoms with van der Waals surface area (Å²) in [6.07, 6.45) is 1.62. The van der Waals surface area contributed by atoms with Crippen molar-refractivity contribution in [3.63, 3.8) is 0 Å². The first kappa shape index (κ1) is 14.3. The van der Waals surface area contributed by atoms with Crippen molar-refractivity contribution in [1.82, 2.24) is 19.5 Å². The van der Waals surface area contributed by atoms with Crippen molar-refractivity contribution in [2.24, 2.45) is 0 Å². The molecule has 3 aromatic rings. The van der Waals surface area contributed by atoms with E-state index in [1.807, 2.05) is 12.1 Å². The van der Waals surface area contributed by atoms with Gasteiger partial charge in [0.2, 0.25) is 5.91 Å². The summed E-state index contributed by atoms with van der Waals surface area (Å²) in [7, 11) is 0. The number of carbonyl (C=O) groups is 1. The van der Waals surface area contributed by atoms with Gasteiger partial charge < -0.3 is 5.32 Å². The van der Waals surface area contributed by atoms with Gasteiger partial charge in [-0.2, -0.15) is 0 Å². The molecule has 7 heteroatoms. The summed E-state index contributed by atoms with van der Waals surface area (Å²) in [5.41, 5.74) is 1.06. The van der Waals surface area contributed by atoms with E-state index < -0.39 is 0 Å². The Hall–Kier alpha value is -2.60. The number of nitrogens with one attached hydrogen (secondary N) is 1. The van der Waals surface area contributed by atoms with E-state index in [1.165, 1.54) is 4.40 Å². The zero-order valence-electron chi connectivity index (χ0n) is 11.6. The van der Waals surface area contributed by atoms with E-state index in [9.17, 15) is 9.59 Å². The molecule has 0 fully saturated rings. The molecule has 1 amide bonds. The Bertz CT molecular complexity index is 884. The summed E-state index contributed by atoms with van der Waals surface area (Å²) in [6.45, 7) is 0.225. The first-order chi connectivity index (χ1) is 10.6. The Morgan fingerprint density at radius 3 is 2.86 bits per heavy atom. The van der Waals surface area contributed by atoms with Crippen LogP contribution in [0.4, 0.5) is 0 Å². The lowest BCUT2D eigenvalue weighted by atomic mass is 10.2. The van der Waals surface area contributed by atoms with Gasteiger partial charge in [0.05, 0.1) is 0 Å². The van der Waals surface area contributed by atoms with Crippen molar-refractivity contribution in [3.8, 4) is 0 Å². The van der Waals surface area contributed by atoms with Crippen LogP contribution < -0.4 is 11.0 Å². The van der Waals surface area contributed by atoms with Crippen molar-refractivity contribution in [3.05, 3.63) is 69.7 Å². The summed E-state index contributed by atoms with van der Waals surface area (Å²) in [4.78, 5) is 24.0. The lowest BCUT2D eigenvalue weighted by Crippen LogP contribution is -2.32. The van der Waals surface area contributed by atoms with Crippen molar-refractivity contribution in [2.75, 3.05) is 0 Å². The number of hydrogen-bond donors (Lipinski definition) is 1. The number of benzene rings is 1. The van der Waals surface area contributed by atoms with Gasteiger partial charge >= 0.3 is 5.69 Å². The summed E-state index contributed by atoms with van der Waals surface area (Å²) in [6, 6.07) is 12.5. The van der Waals surface area contributed by atoms with Crippen LogP contribution in [0.25, 0.3) is 5.65 Å².